The molecule has 2 aromatic carbocycles. The van der Waals surface area contributed by atoms with Gasteiger partial charge in [-0.2, -0.15) is 0 Å². The maximum atomic E-state index is 13.2. The number of hydrogen-bond acceptors (Lipinski definition) is 5. The third-order valence-electron chi connectivity index (χ3n) is 4.94. The van der Waals surface area contributed by atoms with Crippen molar-refractivity contribution in [3.8, 4) is 5.75 Å². The third-order valence-corrected chi connectivity index (χ3v) is 4.94. The van der Waals surface area contributed by atoms with Gasteiger partial charge in [-0.3, -0.25) is 14.9 Å². The molecule has 27 heavy (non-hydrogen) atoms. The fraction of sp³-hybridized carbons (Fsp3) is 0.350. The lowest BCUT2D eigenvalue weighted by Crippen LogP contribution is -2.31. The van der Waals surface area contributed by atoms with Crippen LogP contribution < -0.4 is 9.64 Å². The van der Waals surface area contributed by atoms with E-state index in [9.17, 15) is 14.9 Å². The molecule has 0 aliphatic carbocycles. The fourth-order valence-corrected chi connectivity index (χ4v) is 3.60. The fourth-order valence-electron chi connectivity index (χ4n) is 3.60. The SMILES string of the molecule is COc1cc(C(=O)N2CCCC(N(C)C)c3ccccc32)ccc1[N+](=O)[O-]. The van der Waals surface area contributed by atoms with Gasteiger partial charge in [-0.1, -0.05) is 18.2 Å². The van der Waals surface area contributed by atoms with Gasteiger partial charge in [-0.15, -0.1) is 0 Å². The summed E-state index contributed by atoms with van der Waals surface area (Å²) in [6.45, 7) is 0.597. The second-order valence-electron chi connectivity index (χ2n) is 6.78. The van der Waals surface area contributed by atoms with Crippen LogP contribution in [0.15, 0.2) is 42.5 Å². The van der Waals surface area contributed by atoms with Crippen LogP contribution in [0.3, 0.4) is 0 Å². The van der Waals surface area contributed by atoms with Crippen LogP contribution in [0.1, 0.15) is 34.8 Å². The van der Waals surface area contributed by atoms with Crippen molar-refractivity contribution in [2.24, 2.45) is 0 Å². The summed E-state index contributed by atoms with van der Waals surface area (Å²) in [6, 6.07) is 12.4. The summed E-state index contributed by atoms with van der Waals surface area (Å²) in [6.07, 6.45) is 1.82. The number of methoxy groups -OCH3 is 1. The average molecular weight is 369 g/mol. The van der Waals surface area contributed by atoms with Crippen LogP contribution in [0.4, 0.5) is 11.4 Å². The van der Waals surface area contributed by atoms with Crippen LogP contribution in [0.25, 0.3) is 0 Å². The third kappa shape index (κ3) is 3.64. The van der Waals surface area contributed by atoms with Crippen molar-refractivity contribution < 1.29 is 14.5 Å². The molecule has 1 heterocycles. The summed E-state index contributed by atoms with van der Waals surface area (Å²) in [5.74, 6) is -0.102. The van der Waals surface area contributed by atoms with Crippen molar-refractivity contribution in [2.45, 2.75) is 18.9 Å². The van der Waals surface area contributed by atoms with Crippen LogP contribution in [-0.2, 0) is 0 Å². The van der Waals surface area contributed by atoms with Crippen molar-refractivity contribution in [1.82, 2.24) is 4.90 Å². The number of carbonyl (C=O) groups excluding carboxylic acids is 1. The zero-order chi connectivity index (χ0) is 19.6. The molecule has 0 saturated heterocycles. The van der Waals surface area contributed by atoms with E-state index < -0.39 is 4.92 Å². The number of nitrogens with zero attached hydrogens (tertiary/aromatic N) is 3. The number of para-hydroxylation sites is 1. The van der Waals surface area contributed by atoms with Gasteiger partial charge in [0.2, 0.25) is 0 Å². The quantitative estimate of drug-likeness (QED) is 0.607. The van der Waals surface area contributed by atoms with E-state index in [0.29, 0.717) is 12.1 Å². The van der Waals surface area contributed by atoms with E-state index in [4.69, 9.17) is 4.74 Å². The number of nitro groups is 1. The Balaban J connectivity index is 2.01. The topological polar surface area (TPSA) is 75.9 Å². The lowest BCUT2D eigenvalue weighted by atomic mass is 10.0. The molecule has 7 heteroatoms. The van der Waals surface area contributed by atoms with Crippen molar-refractivity contribution in [1.29, 1.82) is 0 Å². The summed E-state index contributed by atoms with van der Waals surface area (Å²) in [5, 5.41) is 11.1. The van der Waals surface area contributed by atoms with Gasteiger partial charge in [0, 0.05) is 36.0 Å². The van der Waals surface area contributed by atoms with E-state index >= 15 is 0 Å². The van der Waals surface area contributed by atoms with Gasteiger partial charge >= 0.3 is 5.69 Å². The zero-order valence-electron chi connectivity index (χ0n) is 15.7. The second-order valence-corrected chi connectivity index (χ2v) is 6.78. The standard InChI is InChI=1S/C20H23N3O4/c1-21(2)16-9-6-12-22(17-8-5-4-7-15(16)17)20(24)14-10-11-18(23(25)26)19(13-14)27-3/h4-5,7-8,10-11,13,16H,6,9,12H2,1-3H3. The van der Waals surface area contributed by atoms with Gasteiger partial charge in [0.15, 0.2) is 5.75 Å². The Bertz CT molecular complexity index is 866. The number of hydrogen-bond donors (Lipinski definition) is 0. The normalized spacial score (nSPS) is 16.6. The molecule has 3 rings (SSSR count). The number of benzene rings is 2. The number of fused-ring (bicyclic) bond motifs is 1. The summed E-state index contributed by atoms with van der Waals surface area (Å²) in [5.41, 5.74) is 2.21. The van der Waals surface area contributed by atoms with Gasteiger partial charge in [0.1, 0.15) is 0 Å². The van der Waals surface area contributed by atoms with Crippen molar-refractivity contribution in [3.05, 3.63) is 63.7 Å². The molecule has 142 valence electrons. The highest BCUT2D eigenvalue weighted by atomic mass is 16.6. The molecule has 2 aromatic rings. The molecule has 0 saturated carbocycles. The molecule has 0 N–H and O–H groups in total. The van der Waals surface area contributed by atoms with E-state index in [-0.39, 0.29) is 23.4 Å². The predicted molar refractivity (Wildman–Crippen MR) is 103 cm³/mol. The van der Waals surface area contributed by atoms with Gasteiger partial charge < -0.3 is 14.5 Å². The van der Waals surface area contributed by atoms with Gasteiger partial charge in [-0.05, 0) is 44.6 Å². The number of carbonyl (C=O) groups is 1. The van der Waals surface area contributed by atoms with Crippen LogP contribution in [0, 0.1) is 10.1 Å². The van der Waals surface area contributed by atoms with Gasteiger partial charge in [-0.25, -0.2) is 0 Å². The van der Waals surface area contributed by atoms with Crippen molar-refractivity contribution >= 4 is 17.3 Å². The molecule has 0 fully saturated rings. The van der Waals surface area contributed by atoms with Crippen LogP contribution in [0.5, 0.6) is 5.75 Å². The Morgan fingerprint density at radius 3 is 2.67 bits per heavy atom. The molecule has 1 aliphatic heterocycles. The first-order valence-electron chi connectivity index (χ1n) is 8.83. The highest BCUT2D eigenvalue weighted by Gasteiger charge is 2.28. The van der Waals surface area contributed by atoms with E-state index in [2.05, 4.69) is 11.0 Å². The molecular formula is C20H23N3O4. The van der Waals surface area contributed by atoms with Gasteiger partial charge in [0.25, 0.3) is 5.91 Å². The van der Waals surface area contributed by atoms with Crippen LogP contribution in [0.2, 0.25) is 0 Å². The Morgan fingerprint density at radius 1 is 1.26 bits per heavy atom. The second kappa shape index (κ2) is 7.75. The van der Waals surface area contributed by atoms with E-state index in [0.717, 1.165) is 24.1 Å². The first kappa shape index (κ1) is 18.8. The van der Waals surface area contributed by atoms with Crippen LogP contribution >= 0.6 is 0 Å². The average Bonchev–Trinajstić information content (AvgIpc) is 2.86. The summed E-state index contributed by atoms with van der Waals surface area (Å²) in [4.78, 5) is 27.7. The van der Waals surface area contributed by atoms with Crippen molar-refractivity contribution in [3.63, 3.8) is 0 Å². The van der Waals surface area contributed by atoms with Crippen LogP contribution in [-0.4, -0.2) is 43.5 Å². The molecule has 1 unspecified atom stereocenters. The molecule has 1 atom stereocenters. The molecule has 0 bridgehead atoms. The molecule has 7 nitrogen and oxygen atoms in total. The summed E-state index contributed by atoms with van der Waals surface area (Å²) < 4.78 is 5.11. The number of amides is 1. The molecule has 1 aliphatic rings. The largest absolute Gasteiger partial charge is 0.490 e. The molecular weight excluding hydrogens is 346 g/mol. The number of nitro benzene ring substituents is 1. The maximum absolute atomic E-state index is 13.2. The number of anilines is 1. The zero-order valence-corrected chi connectivity index (χ0v) is 15.7. The maximum Gasteiger partial charge on any atom is 0.310 e. The smallest absolute Gasteiger partial charge is 0.310 e. The minimum Gasteiger partial charge on any atom is -0.490 e. The first-order chi connectivity index (χ1) is 12.9. The first-order valence-corrected chi connectivity index (χ1v) is 8.83. The monoisotopic (exact) mass is 369 g/mol. The Labute approximate surface area is 158 Å². The van der Waals surface area contributed by atoms with Gasteiger partial charge in [0.05, 0.1) is 12.0 Å². The lowest BCUT2D eigenvalue weighted by Gasteiger charge is -2.27. The Kier molecular flexibility index (Phi) is 5.41. The number of rotatable bonds is 4. The number of ether oxygens (including phenoxy) is 1. The minimum atomic E-state index is -0.518. The van der Waals surface area contributed by atoms with E-state index in [1.165, 1.54) is 25.3 Å². The molecule has 0 aromatic heterocycles. The molecule has 1 amide bonds. The Morgan fingerprint density at radius 2 is 2.00 bits per heavy atom. The Hall–Kier alpha value is -2.93. The highest BCUT2D eigenvalue weighted by molar-refractivity contribution is 6.07. The lowest BCUT2D eigenvalue weighted by molar-refractivity contribution is -0.385. The highest BCUT2D eigenvalue weighted by Crippen LogP contribution is 2.36. The molecule has 0 spiro atoms. The van der Waals surface area contributed by atoms with E-state index in [1.54, 1.807) is 4.90 Å². The van der Waals surface area contributed by atoms with Crippen molar-refractivity contribution in [2.75, 3.05) is 32.6 Å². The molecule has 0 radical (unpaired) electrons. The summed E-state index contributed by atoms with van der Waals surface area (Å²) >= 11 is 0. The predicted octanol–water partition coefficient (Wildman–Crippen LogP) is 3.65. The summed E-state index contributed by atoms with van der Waals surface area (Å²) in [7, 11) is 5.44. The minimum absolute atomic E-state index is 0.0834. The van der Waals surface area contributed by atoms with E-state index in [1.807, 2.05) is 32.3 Å².